The molecule has 2 aromatic rings. The number of hydrogen-bond acceptors (Lipinski definition) is 2. The lowest BCUT2D eigenvalue weighted by molar-refractivity contribution is 0.306. The zero-order chi connectivity index (χ0) is 14.5. The molecule has 0 heterocycles. The zero-order valence-electron chi connectivity index (χ0n) is 12.6. The highest BCUT2D eigenvalue weighted by Crippen LogP contribution is 2.20. The molecule has 0 radical (unpaired) electrons. The summed E-state index contributed by atoms with van der Waals surface area (Å²) in [5, 5.41) is 3.55. The van der Waals surface area contributed by atoms with Crippen molar-refractivity contribution in [3.63, 3.8) is 0 Å². The zero-order valence-corrected chi connectivity index (χ0v) is 12.6. The standard InChI is InChI=1S/C19H23NO/c1-2-15-5-4-8-19(12-15)21-14-17-7-3-6-16(11-17)13-20-18-9-10-18/h3-8,11-12,18,20H,2,9-10,13-14H2,1H3. The monoisotopic (exact) mass is 281 g/mol. The van der Waals surface area contributed by atoms with Crippen molar-refractivity contribution >= 4 is 0 Å². The molecule has 21 heavy (non-hydrogen) atoms. The van der Waals surface area contributed by atoms with Gasteiger partial charge in [-0.3, -0.25) is 0 Å². The van der Waals surface area contributed by atoms with Crippen LogP contribution in [-0.2, 0) is 19.6 Å². The minimum Gasteiger partial charge on any atom is -0.489 e. The Morgan fingerprint density at radius 1 is 1.00 bits per heavy atom. The summed E-state index contributed by atoms with van der Waals surface area (Å²) >= 11 is 0. The smallest absolute Gasteiger partial charge is 0.120 e. The van der Waals surface area contributed by atoms with Gasteiger partial charge in [0.25, 0.3) is 0 Å². The van der Waals surface area contributed by atoms with Crippen LogP contribution >= 0.6 is 0 Å². The molecule has 1 N–H and O–H groups in total. The van der Waals surface area contributed by atoms with Crippen LogP contribution in [0.5, 0.6) is 5.75 Å². The van der Waals surface area contributed by atoms with Crippen molar-refractivity contribution in [3.05, 3.63) is 65.2 Å². The Balaban J connectivity index is 1.57. The van der Waals surface area contributed by atoms with Gasteiger partial charge in [0.2, 0.25) is 0 Å². The molecule has 1 fully saturated rings. The first kappa shape index (κ1) is 14.2. The van der Waals surface area contributed by atoms with E-state index in [1.165, 1.54) is 29.5 Å². The molecule has 110 valence electrons. The van der Waals surface area contributed by atoms with Crippen LogP contribution in [0.15, 0.2) is 48.5 Å². The van der Waals surface area contributed by atoms with Gasteiger partial charge in [0.15, 0.2) is 0 Å². The van der Waals surface area contributed by atoms with E-state index in [4.69, 9.17) is 4.74 Å². The van der Waals surface area contributed by atoms with E-state index >= 15 is 0 Å². The van der Waals surface area contributed by atoms with E-state index in [1.54, 1.807) is 0 Å². The van der Waals surface area contributed by atoms with E-state index < -0.39 is 0 Å². The molecular formula is C19H23NO. The molecule has 3 rings (SSSR count). The van der Waals surface area contributed by atoms with Gasteiger partial charge in [-0.25, -0.2) is 0 Å². The summed E-state index contributed by atoms with van der Waals surface area (Å²) in [5.74, 6) is 0.954. The van der Waals surface area contributed by atoms with Crippen LogP contribution in [0.4, 0.5) is 0 Å². The maximum atomic E-state index is 5.91. The summed E-state index contributed by atoms with van der Waals surface area (Å²) in [6.07, 6.45) is 3.70. The van der Waals surface area contributed by atoms with E-state index in [0.29, 0.717) is 6.61 Å². The molecule has 0 atom stereocenters. The molecule has 0 amide bonds. The van der Waals surface area contributed by atoms with E-state index in [2.05, 4.69) is 54.7 Å². The fourth-order valence-electron chi connectivity index (χ4n) is 2.40. The largest absolute Gasteiger partial charge is 0.489 e. The van der Waals surface area contributed by atoms with Crippen LogP contribution in [0.1, 0.15) is 36.5 Å². The molecule has 0 saturated heterocycles. The Bertz CT molecular complexity index is 590. The third-order valence-corrected chi connectivity index (χ3v) is 3.88. The summed E-state index contributed by atoms with van der Waals surface area (Å²) in [6.45, 7) is 3.75. The molecule has 0 unspecified atom stereocenters. The lowest BCUT2D eigenvalue weighted by atomic mass is 10.1. The Labute approximate surface area is 127 Å². The summed E-state index contributed by atoms with van der Waals surface area (Å²) in [5.41, 5.74) is 3.88. The van der Waals surface area contributed by atoms with Crippen LogP contribution < -0.4 is 10.1 Å². The summed E-state index contributed by atoms with van der Waals surface area (Å²) in [4.78, 5) is 0. The summed E-state index contributed by atoms with van der Waals surface area (Å²) in [7, 11) is 0. The first-order valence-electron chi connectivity index (χ1n) is 7.86. The van der Waals surface area contributed by atoms with Gasteiger partial charge in [-0.2, -0.15) is 0 Å². The van der Waals surface area contributed by atoms with Gasteiger partial charge in [-0.15, -0.1) is 0 Å². The molecule has 2 heteroatoms. The minimum absolute atomic E-state index is 0.629. The highest BCUT2D eigenvalue weighted by Gasteiger charge is 2.19. The number of ether oxygens (including phenoxy) is 1. The SMILES string of the molecule is CCc1cccc(OCc2cccc(CNC3CC3)c2)c1. The lowest BCUT2D eigenvalue weighted by Gasteiger charge is -2.09. The molecule has 0 bridgehead atoms. The summed E-state index contributed by atoms with van der Waals surface area (Å²) in [6, 6.07) is 17.8. The van der Waals surface area contributed by atoms with Crippen molar-refractivity contribution in [1.82, 2.24) is 5.32 Å². The molecule has 0 aromatic heterocycles. The number of benzene rings is 2. The van der Waals surface area contributed by atoms with Crippen LogP contribution in [-0.4, -0.2) is 6.04 Å². The second-order valence-corrected chi connectivity index (χ2v) is 5.76. The Kier molecular flexibility index (Phi) is 4.56. The molecular weight excluding hydrogens is 258 g/mol. The fourth-order valence-corrected chi connectivity index (χ4v) is 2.40. The van der Waals surface area contributed by atoms with Gasteiger partial charge in [0.1, 0.15) is 12.4 Å². The van der Waals surface area contributed by atoms with Crippen molar-refractivity contribution in [2.75, 3.05) is 0 Å². The third kappa shape index (κ3) is 4.33. The van der Waals surface area contributed by atoms with E-state index in [1.807, 2.05) is 6.07 Å². The lowest BCUT2D eigenvalue weighted by Crippen LogP contribution is -2.15. The van der Waals surface area contributed by atoms with Crippen LogP contribution in [0, 0.1) is 0 Å². The first-order valence-corrected chi connectivity index (χ1v) is 7.86. The maximum absolute atomic E-state index is 5.91. The second kappa shape index (κ2) is 6.77. The Morgan fingerprint density at radius 2 is 1.76 bits per heavy atom. The van der Waals surface area contributed by atoms with Gasteiger partial charge in [-0.1, -0.05) is 43.3 Å². The maximum Gasteiger partial charge on any atom is 0.120 e. The van der Waals surface area contributed by atoms with E-state index in [0.717, 1.165) is 24.8 Å². The normalized spacial score (nSPS) is 14.1. The van der Waals surface area contributed by atoms with Crippen molar-refractivity contribution in [3.8, 4) is 5.75 Å². The van der Waals surface area contributed by atoms with E-state index in [-0.39, 0.29) is 0 Å². The van der Waals surface area contributed by atoms with Gasteiger partial charge in [0.05, 0.1) is 0 Å². The molecule has 1 saturated carbocycles. The molecule has 0 aliphatic heterocycles. The number of rotatable bonds is 7. The van der Waals surface area contributed by atoms with Crippen LogP contribution in [0.25, 0.3) is 0 Å². The average Bonchev–Trinajstić information content (AvgIpc) is 3.36. The van der Waals surface area contributed by atoms with Crippen LogP contribution in [0.3, 0.4) is 0 Å². The van der Waals surface area contributed by atoms with Gasteiger partial charge in [-0.05, 0) is 48.1 Å². The predicted molar refractivity (Wildman–Crippen MR) is 86.5 cm³/mol. The van der Waals surface area contributed by atoms with Crippen molar-refractivity contribution in [2.24, 2.45) is 0 Å². The number of hydrogen-bond donors (Lipinski definition) is 1. The number of aryl methyl sites for hydroxylation is 1. The quantitative estimate of drug-likeness (QED) is 0.825. The average molecular weight is 281 g/mol. The van der Waals surface area contributed by atoms with Crippen molar-refractivity contribution in [2.45, 2.75) is 45.4 Å². The van der Waals surface area contributed by atoms with E-state index in [9.17, 15) is 0 Å². The molecule has 1 aliphatic carbocycles. The summed E-state index contributed by atoms with van der Waals surface area (Å²) < 4.78 is 5.91. The fraction of sp³-hybridized carbons (Fsp3) is 0.368. The molecule has 2 nitrogen and oxygen atoms in total. The van der Waals surface area contributed by atoms with Crippen LogP contribution in [0.2, 0.25) is 0 Å². The highest BCUT2D eigenvalue weighted by molar-refractivity contribution is 5.29. The molecule has 0 spiro atoms. The molecule has 2 aromatic carbocycles. The van der Waals surface area contributed by atoms with Gasteiger partial charge >= 0.3 is 0 Å². The Morgan fingerprint density at radius 3 is 2.57 bits per heavy atom. The predicted octanol–water partition coefficient (Wildman–Crippen LogP) is 4.08. The van der Waals surface area contributed by atoms with Crippen molar-refractivity contribution in [1.29, 1.82) is 0 Å². The van der Waals surface area contributed by atoms with Crippen molar-refractivity contribution < 1.29 is 4.74 Å². The second-order valence-electron chi connectivity index (χ2n) is 5.76. The topological polar surface area (TPSA) is 21.3 Å². The van der Waals surface area contributed by atoms with Gasteiger partial charge in [0, 0.05) is 12.6 Å². The third-order valence-electron chi connectivity index (χ3n) is 3.88. The minimum atomic E-state index is 0.629. The number of nitrogens with one attached hydrogen (secondary N) is 1. The van der Waals surface area contributed by atoms with Gasteiger partial charge < -0.3 is 10.1 Å². The highest BCUT2D eigenvalue weighted by atomic mass is 16.5. The Hall–Kier alpha value is -1.80. The molecule has 1 aliphatic rings. The first-order chi connectivity index (χ1) is 10.3.